The summed E-state index contributed by atoms with van der Waals surface area (Å²) in [5, 5.41) is 6.07. The second-order valence-electron chi connectivity index (χ2n) is 4.10. The molecule has 0 saturated heterocycles. The van der Waals surface area contributed by atoms with Gasteiger partial charge >= 0.3 is 0 Å². The largest absolute Gasteiger partial charge is 0.366 e. The third-order valence-corrected chi connectivity index (χ3v) is 2.72. The van der Waals surface area contributed by atoms with Crippen LogP contribution in [-0.2, 0) is 0 Å². The molecule has 0 fully saturated rings. The van der Waals surface area contributed by atoms with E-state index < -0.39 is 11.8 Å². The first-order valence-corrected chi connectivity index (χ1v) is 5.97. The van der Waals surface area contributed by atoms with E-state index in [4.69, 9.17) is 11.3 Å². The van der Waals surface area contributed by atoms with Crippen LogP contribution in [0.2, 0.25) is 0 Å². The van der Waals surface area contributed by atoms with Crippen molar-refractivity contribution in [1.82, 2.24) is 0 Å². The van der Waals surface area contributed by atoms with E-state index in [0.717, 1.165) is 0 Å². The molecule has 0 aromatic heterocycles. The summed E-state index contributed by atoms with van der Waals surface area (Å²) in [5.74, 6) is -1.11. The molecule has 21 heavy (non-hydrogen) atoms. The summed E-state index contributed by atoms with van der Waals surface area (Å²) in [6.45, 7) is 0. The van der Waals surface area contributed by atoms with E-state index in [-0.39, 0.29) is 11.1 Å². The van der Waals surface area contributed by atoms with E-state index in [2.05, 4.69) is 15.3 Å². The van der Waals surface area contributed by atoms with E-state index >= 15 is 0 Å². The zero-order valence-corrected chi connectivity index (χ0v) is 10.9. The first-order valence-electron chi connectivity index (χ1n) is 5.97. The molecule has 0 aliphatic carbocycles. The lowest BCUT2D eigenvalue weighted by molar-refractivity contribution is 0.0977. The van der Waals surface area contributed by atoms with Crippen molar-refractivity contribution in [2.75, 3.05) is 5.32 Å². The molecule has 0 unspecified atom stereocenters. The van der Waals surface area contributed by atoms with Gasteiger partial charge in [-0.3, -0.25) is 9.59 Å². The van der Waals surface area contributed by atoms with Gasteiger partial charge in [-0.15, -0.1) is 0 Å². The fourth-order valence-corrected chi connectivity index (χ4v) is 1.76. The summed E-state index contributed by atoms with van der Waals surface area (Å²) >= 11 is 0. The van der Waals surface area contributed by atoms with E-state index in [1.165, 1.54) is 12.1 Å². The second-order valence-corrected chi connectivity index (χ2v) is 4.10. The van der Waals surface area contributed by atoms with E-state index in [9.17, 15) is 9.59 Å². The average Bonchev–Trinajstić information content (AvgIpc) is 2.49. The third kappa shape index (κ3) is 3.37. The fourth-order valence-electron chi connectivity index (χ4n) is 1.76. The molecular weight excluding hydrogens is 270 g/mol. The van der Waals surface area contributed by atoms with Crippen LogP contribution in [0.15, 0.2) is 53.6 Å². The van der Waals surface area contributed by atoms with Crippen LogP contribution in [0.25, 0.3) is 10.4 Å². The molecule has 3 N–H and O–H groups in total. The molecule has 0 radical (unpaired) electrons. The highest BCUT2D eigenvalue weighted by molar-refractivity contribution is 6.11. The van der Waals surface area contributed by atoms with Crippen LogP contribution in [0.5, 0.6) is 0 Å². The number of hydrogen-bond donors (Lipinski definition) is 2. The number of anilines is 1. The minimum absolute atomic E-state index is 0.153. The lowest BCUT2D eigenvalue weighted by atomic mass is 10.1. The number of azide groups is 1. The van der Waals surface area contributed by atoms with Crippen LogP contribution in [0.1, 0.15) is 20.7 Å². The SMILES string of the molecule is [N-]=[N+]=Nc1ccc(NC(=O)c2ccccc2C(N)=O)cc1. The Kier molecular flexibility index (Phi) is 4.18. The van der Waals surface area contributed by atoms with Crippen molar-refractivity contribution in [2.45, 2.75) is 0 Å². The number of nitrogens with zero attached hydrogens (tertiary/aromatic N) is 3. The molecule has 0 heterocycles. The van der Waals surface area contributed by atoms with E-state index in [1.54, 1.807) is 36.4 Å². The molecule has 104 valence electrons. The molecule has 2 aromatic carbocycles. The van der Waals surface area contributed by atoms with Gasteiger partial charge in [0, 0.05) is 16.3 Å². The third-order valence-electron chi connectivity index (χ3n) is 2.72. The van der Waals surface area contributed by atoms with Gasteiger partial charge in [-0.25, -0.2) is 0 Å². The maximum absolute atomic E-state index is 12.1. The van der Waals surface area contributed by atoms with Gasteiger partial charge in [0.15, 0.2) is 0 Å². The van der Waals surface area contributed by atoms with Crippen LogP contribution < -0.4 is 11.1 Å². The molecule has 2 aromatic rings. The summed E-state index contributed by atoms with van der Waals surface area (Å²) in [6, 6.07) is 12.6. The molecule has 2 amide bonds. The second kappa shape index (κ2) is 6.23. The topological polar surface area (TPSA) is 121 Å². The van der Waals surface area contributed by atoms with Crippen LogP contribution >= 0.6 is 0 Å². The van der Waals surface area contributed by atoms with Gasteiger partial charge in [0.2, 0.25) is 5.91 Å². The summed E-state index contributed by atoms with van der Waals surface area (Å²) in [7, 11) is 0. The number of carbonyl (C=O) groups is 2. The normalized spacial score (nSPS) is 9.52. The van der Waals surface area contributed by atoms with Crippen molar-refractivity contribution in [3.05, 3.63) is 70.1 Å². The minimum Gasteiger partial charge on any atom is -0.366 e. The molecule has 0 aliphatic heterocycles. The highest BCUT2D eigenvalue weighted by atomic mass is 16.2. The predicted octanol–water partition coefficient (Wildman–Crippen LogP) is 2.98. The monoisotopic (exact) mass is 281 g/mol. The average molecular weight is 281 g/mol. The molecule has 0 aliphatic rings. The Morgan fingerprint density at radius 2 is 1.67 bits per heavy atom. The van der Waals surface area contributed by atoms with Gasteiger partial charge in [0.05, 0.1) is 11.1 Å². The Hall–Kier alpha value is -3.31. The maximum Gasteiger partial charge on any atom is 0.256 e. The van der Waals surface area contributed by atoms with Crippen molar-refractivity contribution >= 4 is 23.2 Å². The number of carbonyl (C=O) groups excluding carboxylic acids is 2. The number of nitrogens with two attached hydrogens (primary N) is 1. The van der Waals surface area contributed by atoms with Crippen molar-refractivity contribution < 1.29 is 9.59 Å². The van der Waals surface area contributed by atoms with Gasteiger partial charge < -0.3 is 11.1 Å². The van der Waals surface area contributed by atoms with Crippen LogP contribution in [0.4, 0.5) is 11.4 Å². The first kappa shape index (κ1) is 14.1. The standard InChI is InChI=1S/C14H11N5O2/c15-13(20)11-3-1-2-4-12(11)14(21)17-9-5-7-10(8-6-9)18-19-16/h1-8H,(H2,15,20)(H,17,21). The molecule has 2 rings (SSSR count). The van der Waals surface area contributed by atoms with E-state index in [0.29, 0.717) is 11.4 Å². The molecule has 7 heteroatoms. The smallest absolute Gasteiger partial charge is 0.256 e. The quantitative estimate of drug-likeness (QED) is 0.508. The highest BCUT2D eigenvalue weighted by Gasteiger charge is 2.14. The highest BCUT2D eigenvalue weighted by Crippen LogP contribution is 2.18. The molecule has 7 nitrogen and oxygen atoms in total. The predicted molar refractivity (Wildman–Crippen MR) is 78.2 cm³/mol. The number of hydrogen-bond acceptors (Lipinski definition) is 3. The maximum atomic E-state index is 12.1. The Labute approximate surface area is 120 Å². The molecule has 0 bridgehead atoms. The van der Waals surface area contributed by atoms with Crippen LogP contribution in [0, 0.1) is 0 Å². The zero-order valence-electron chi connectivity index (χ0n) is 10.9. The first-order chi connectivity index (χ1) is 10.1. The molecule has 0 spiro atoms. The lowest BCUT2D eigenvalue weighted by Crippen LogP contribution is -2.20. The Bertz CT molecular complexity index is 733. The zero-order chi connectivity index (χ0) is 15.2. The Balaban J connectivity index is 2.22. The van der Waals surface area contributed by atoms with Crippen molar-refractivity contribution in [3.63, 3.8) is 0 Å². The molecule has 0 saturated carbocycles. The van der Waals surface area contributed by atoms with E-state index in [1.807, 2.05) is 0 Å². The van der Waals surface area contributed by atoms with Gasteiger partial charge in [-0.05, 0) is 29.8 Å². The van der Waals surface area contributed by atoms with Crippen LogP contribution in [0.3, 0.4) is 0 Å². The molecule has 0 atom stereocenters. The number of amides is 2. The number of primary amides is 1. The van der Waals surface area contributed by atoms with Gasteiger partial charge in [-0.2, -0.15) is 0 Å². The summed E-state index contributed by atoms with van der Waals surface area (Å²) in [4.78, 5) is 26.1. The fraction of sp³-hybridized carbons (Fsp3) is 0. The van der Waals surface area contributed by atoms with Gasteiger partial charge in [0.25, 0.3) is 5.91 Å². The van der Waals surface area contributed by atoms with Crippen molar-refractivity contribution in [2.24, 2.45) is 10.8 Å². The Morgan fingerprint density at radius 1 is 1.05 bits per heavy atom. The van der Waals surface area contributed by atoms with Gasteiger partial charge in [0.1, 0.15) is 0 Å². The van der Waals surface area contributed by atoms with Crippen molar-refractivity contribution in [1.29, 1.82) is 0 Å². The summed E-state index contributed by atoms with van der Waals surface area (Å²) in [6.07, 6.45) is 0. The van der Waals surface area contributed by atoms with Crippen molar-refractivity contribution in [3.8, 4) is 0 Å². The number of nitrogens with one attached hydrogen (secondary N) is 1. The van der Waals surface area contributed by atoms with Gasteiger partial charge in [-0.1, -0.05) is 29.4 Å². The number of rotatable bonds is 4. The number of benzene rings is 2. The molecular formula is C14H11N5O2. The lowest BCUT2D eigenvalue weighted by Gasteiger charge is -2.08. The Morgan fingerprint density at radius 3 is 2.24 bits per heavy atom. The summed E-state index contributed by atoms with van der Waals surface area (Å²) in [5.41, 5.74) is 14.8. The van der Waals surface area contributed by atoms with Crippen LogP contribution in [-0.4, -0.2) is 11.8 Å². The minimum atomic E-state index is -0.667. The summed E-state index contributed by atoms with van der Waals surface area (Å²) < 4.78 is 0.